The van der Waals surface area contributed by atoms with Gasteiger partial charge in [-0.05, 0) is 39.0 Å². The Balaban J connectivity index is 2.41. The van der Waals surface area contributed by atoms with E-state index in [2.05, 4.69) is 10.6 Å². The molecule has 1 aliphatic heterocycles. The van der Waals surface area contributed by atoms with E-state index in [1.807, 2.05) is 0 Å². The number of carbonyl (C=O) groups excluding carboxylic acids is 4. The van der Waals surface area contributed by atoms with Gasteiger partial charge in [0, 0.05) is 32.7 Å². The van der Waals surface area contributed by atoms with Crippen molar-refractivity contribution in [2.45, 2.75) is 58.0 Å². The molecule has 4 amide bonds. The minimum absolute atomic E-state index is 0.0174. The van der Waals surface area contributed by atoms with E-state index in [-0.39, 0.29) is 44.9 Å². The van der Waals surface area contributed by atoms with E-state index in [0.717, 1.165) is 5.57 Å². The molecule has 0 spiro atoms. The van der Waals surface area contributed by atoms with Crippen LogP contribution in [0.25, 0.3) is 0 Å². The van der Waals surface area contributed by atoms with Gasteiger partial charge in [-0.15, -0.1) is 0 Å². The molecule has 0 radical (unpaired) electrons. The van der Waals surface area contributed by atoms with Gasteiger partial charge in [0.05, 0.1) is 0 Å². The molecule has 11 heteroatoms. The fraction of sp³-hybridized carbons (Fsp3) is 0.667. The first-order valence-corrected chi connectivity index (χ1v) is 9.52. The van der Waals surface area contributed by atoms with Crippen LogP contribution in [0.1, 0.15) is 46.0 Å². The van der Waals surface area contributed by atoms with Gasteiger partial charge in [-0.25, -0.2) is 10.1 Å². The summed E-state index contributed by atoms with van der Waals surface area (Å²) in [5.74, 6) is -2.01. The lowest BCUT2D eigenvalue weighted by molar-refractivity contribution is -0.190. The van der Waals surface area contributed by atoms with Crippen molar-refractivity contribution in [3.05, 3.63) is 11.6 Å². The molecule has 5 N–H and O–H groups in total. The van der Waals surface area contributed by atoms with Crippen LogP contribution in [0.2, 0.25) is 0 Å². The van der Waals surface area contributed by atoms with Crippen LogP contribution in [0, 0.1) is 0 Å². The maximum atomic E-state index is 12.3. The molecular weight excluding hydrogens is 384 g/mol. The molecule has 0 saturated carbocycles. The first-order chi connectivity index (χ1) is 13.7. The van der Waals surface area contributed by atoms with Crippen LogP contribution in [-0.2, 0) is 19.2 Å². The first kappa shape index (κ1) is 24.5. The van der Waals surface area contributed by atoms with Gasteiger partial charge in [-0.1, -0.05) is 5.57 Å². The van der Waals surface area contributed by atoms with E-state index in [4.69, 9.17) is 5.11 Å². The van der Waals surface area contributed by atoms with E-state index in [0.29, 0.717) is 23.0 Å². The zero-order valence-corrected chi connectivity index (χ0v) is 16.8. The summed E-state index contributed by atoms with van der Waals surface area (Å²) in [5, 5.41) is 34.3. The van der Waals surface area contributed by atoms with Crippen molar-refractivity contribution in [1.29, 1.82) is 0 Å². The molecular formula is C18H30N4O7. The monoisotopic (exact) mass is 414 g/mol. The zero-order valence-electron chi connectivity index (χ0n) is 16.8. The van der Waals surface area contributed by atoms with Gasteiger partial charge >= 0.3 is 0 Å². The highest BCUT2D eigenvalue weighted by atomic mass is 16.5. The predicted molar refractivity (Wildman–Crippen MR) is 100 cm³/mol. The molecule has 0 aromatic heterocycles. The SMILES string of the molecule is CC(=O)N(O)CCC[C@H]1C(=O)N[C@@H](CCCNC(=O)/C=C(\C)CCO)C(=O)N1O. The van der Waals surface area contributed by atoms with Gasteiger partial charge in [-0.2, -0.15) is 0 Å². The average Bonchev–Trinajstić information content (AvgIpc) is 2.65. The molecule has 2 atom stereocenters. The van der Waals surface area contributed by atoms with Gasteiger partial charge < -0.3 is 15.7 Å². The van der Waals surface area contributed by atoms with Crippen molar-refractivity contribution in [3.63, 3.8) is 0 Å². The average molecular weight is 414 g/mol. The van der Waals surface area contributed by atoms with Gasteiger partial charge in [0.2, 0.25) is 17.7 Å². The predicted octanol–water partition coefficient (Wildman–Crippen LogP) is -0.686. The normalized spacial score (nSPS) is 19.8. The summed E-state index contributed by atoms with van der Waals surface area (Å²) in [5.41, 5.74) is 0.745. The second-order valence-corrected chi connectivity index (χ2v) is 6.94. The van der Waals surface area contributed by atoms with Crippen LogP contribution in [0.4, 0.5) is 0 Å². The number of amides is 4. The van der Waals surface area contributed by atoms with Gasteiger partial charge in [0.25, 0.3) is 5.91 Å². The van der Waals surface area contributed by atoms with Gasteiger partial charge in [0.15, 0.2) is 0 Å². The molecule has 0 aromatic rings. The Hall–Kier alpha value is -2.50. The summed E-state index contributed by atoms with van der Waals surface area (Å²) >= 11 is 0. The fourth-order valence-electron chi connectivity index (χ4n) is 2.84. The maximum Gasteiger partial charge on any atom is 0.269 e. The van der Waals surface area contributed by atoms with Crippen molar-refractivity contribution < 1.29 is 34.7 Å². The maximum absolute atomic E-state index is 12.3. The Morgan fingerprint density at radius 2 is 1.93 bits per heavy atom. The van der Waals surface area contributed by atoms with Crippen LogP contribution in [-0.4, -0.2) is 81.1 Å². The molecule has 11 nitrogen and oxygen atoms in total. The Bertz CT molecular complexity index is 638. The number of aliphatic hydroxyl groups excluding tert-OH is 1. The molecule has 1 heterocycles. The number of hydroxylamine groups is 4. The second-order valence-electron chi connectivity index (χ2n) is 6.94. The standard InChI is InChI=1S/C18H30N4O7/c1-12(7-10-23)11-16(25)19-8-3-5-14-18(27)22(29)15(17(26)20-14)6-4-9-21(28)13(2)24/h11,14-15,23,28-29H,3-10H2,1-2H3,(H,19,25)(H,20,26)/b12-11+/t14-,15-/m0/s1. The van der Waals surface area contributed by atoms with Crippen molar-refractivity contribution in [3.8, 4) is 0 Å². The Kier molecular flexibility index (Phi) is 10.3. The molecule has 29 heavy (non-hydrogen) atoms. The van der Waals surface area contributed by atoms with Gasteiger partial charge in [0.1, 0.15) is 12.1 Å². The third-order valence-electron chi connectivity index (χ3n) is 4.50. The number of aliphatic hydroxyl groups is 1. The van der Waals surface area contributed by atoms with Crippen LogP contribution in [0.5, 0.6) is 0 Å². The summed E-state index contributed by atoms with van der Waals surface area (Å²) in [6.45, 7) is 3.15. The third-order valence-corrected chi connectivity index (χ3v) is 4.50. The lowest BCUT2D eigenvalue weighted by Gasteiger charge is -2.34. The molecule has 164 valence electrons. The van der Waals surface area contributed by atoms with Crippen LogP contribution < -0.4 is 10.6 Å². The first-order valence-electron chi connectivity index (χ1n) is 9.52. The Morgan fingerprint density at radius 3 is 2.55 bits per heavy atom. The summed E-state index contributed by atoms with van der Waals surface area (Å²) in [6.07, 6.45) is 2.76. The molecule has 0 aromatic carbocycles. The minimum atomic E-state index is -1.08. The molecule has 1 saturated heterocycles. The fourth-order valence-corrected chi connectivity index (χ4v) is 2.84. The summed E-state index contributed by atoms with van der Waals surface area (Å²) in [6, 6.07) is -1.97. The molecule has 1 rings (SSSR count). The lowest BCUT2D eigenvalue weighted by Crippen LogP contribution is -2.62. The summed E-state index contributed by atoms with van der Waals surface area (Å²) < 4.78 is 0. The number of hydrogen-bond acceptors (Lipinski definition) is 7. The highest BCUT2D eigenvalue weighted by molar-refractivity contribution is 5.96. The molecule has 0 unspecified atom stereocenters. The lowest BCUT2D eigenvalue weighted by atomic mass is 10.0. The molecule has 0 aliphatic carbocycles. The van der Waals surface area contributed by atoms with Crippen molar-refractivity contribution in [2.24, 2.45) is 0 Å². The molecule has 1 aliphatic rings. The van der Waals surface area contributed by atoms with E-state index in [9.17, 15) is 29.6 Å². The third kappa shape index (κ3) is 8.18. The van der Waals surface area contributed by atoms with E-state index in [1.54, 1.807) is 6.92 Å². The van der Waals surface area contributed by atoms with Crippen molar-refractivity contribution >= 4 is 23.6 Å². The summed E-state index contributed by atoms with van der Waals surface area (Å²) in [4.78, 5) is 47.1. The smallest absolute Gasteiger partial charge is 0.269 e. The molecule has 0 bridgehead atoms. The van der Waals surface area contributed by atoms with E-state index in [1.165, 1.54) is 13.0 Å². The Morgan fingerprint density at radius 1 is 1.24 bits per heavy atom. The Labute approximate surface area is 169 Å². The number of nitrogens with one attached hydrogen (secondary N) is 2. The number of rotatable bonds is 11. The van der Waals surface area contributed by atoms with E-state index < -0.39 is 29.8 Å². The summed E-state index contributed by atoms with van der Waals surface area (Å²) in [7, 11) is 0. The largest absolute Gasteiger partial charge is 0.396 e. The van der Waals surface area contributed by atoms with Crippen molar-refractivity contribution in [1.82, 2.24) is 20.8 Å². The minimum Gasteiger partial charge on any atom is -0.396 e. The number of hydrogen-bond donors (Lipinski definition) is 5. The van der Waals surface area contributed by atoms with Crippen LogP contribution >= 0.6 is 0 Å². The number of carbonyl (C=O) groups is 4. The second kappa shape index (κ2) is 12.1. The zero-order chi connectivity index (χ0) is 22.0. The molecule has 1 fully saturated rings. The van der Waals surface area contributed by atoms with Crippen LogP contribution in [0.3, 0.4) is 0 Å². The highest BCUT2D eigenvalue weighted by Gasteiger charge is 2.39. The van der Waals surface area contributed by atoms with Crippen molar-refractivity contribution in [2.75, 3.05) is 19.7 Å². The number of piperazine rings is 1. The quantitative estimate of drug-likeness (QED) is 0.129. The highest BCUT2D eigenvalue weighted by Crippen LogP contribution is 2.15. The van der Waals surface area contributed by atoms with Gasteiger partial charge in [-0.3, -0.25) is 29.6 Å². The number of nitrogens with zero attached hydrogens (tertiary/aromatic N) is 2. The van der Waals surface area contributed by atoms with E-state index >= 15 is 0 Å². The van der Waals surface area contributed by atoms with Crippen LogP contribution in [0.15, 0.2) is 11.6 Å². The topological polar surface area (TPSA) is 160 Å².